The SMILES string of the molecule is C=C(C)CN(CC)C(=O)COC(=O)CCc1ccccc1OC. The van der Waals surface area contributed by atoms with Crippen molar-refractivity contribution in [2.24, 2.45) is 0 Å². The molecule has 0 bridgehead atoms. The van der Waals surface area contributed by atoms with Gasteiger partial charge in [-0.1, -0.05) is 30.4 Å². The Hall–Kier alpha value is -2.30. The lowest BCUT2D eigenvalue weighted by molar-refractivity contribution is -0.151. The molecule has 0 unspecified atom stereocenters. The zero-order valence-corrected chi connectivity index (χ0v) is 14.1. The lowest BCUT2D eigenvalue weighted by Crippen LogP contribution is -2.35. The van der Waals surface area contributed by atoms with Gasteiger partial charge in [0.25, 0.3) is 5.91 Å². The van der Waals surface area contributed by atoms with Gasteiger partial charge in [-0.3, -0.25) is 9.59 Å². The van der Waals surface area contributed by atoms with Gasteiger partial charge >= 0.3 is 5.97 Å². The molecule has 1 amide bonds. The van der Waals surface area contributed by atoms with Crippen LogP contribution < -0.4 is 4.74 Å². The van der Waals surface area contributed by atoms with Crippen LogP contribution in [0.3, 0.4) is 0 Å². The quantitative estimate of drug-likeness (QED) is 0.518. The van der Waals surface area contributed by atoms with Crippen LogP contribution in [0.4, 0.5) is 0 Å². The number of methoxy groups -OCH3 is 1. The van der Waals surface area contributed by atoms with E-state index < -0.39 is 5.97 Å². The van der Waals surface area contributed by atoms with Crippen molar-refractivity contribution < 1.29 is 19.1 Å². The topological polar surface area (TPSA) is 55.8 Å². The first-order valence-electron chi connectivity index (χ1n) is 7.67. The minimum Gasteiger partial charge on any atom is -0.496 e. The highest BCUT2D eigenvalue weighted by Gasteiger charge is 2.14. The number of likely N-dealkylation sites (N-methyl/N-ethyl adjacent to an activating group) is 1. The number of carbonyl (C=O) groups is 2. The van der Waals surface area contributed by atoms with Crippen LogP contribution in [0.2, 0.25) is 0 Å². The zero-order valence-electron chi connectivity index (χ0n) is 14.1. The largest absolute Gasteiger partial charge is 0.496 e. The average molecular weight is 319 g/mol. The summed E-state index contributed by atoms with van der Waals surface area (Å²) < 4.78 is 10.3. The number of esters is 1. The van der Waals surface area contributed by atoms with Crippen LogP contribution in [0.25, 0.3) is 0 Å². The van der Waals surface area contributed by atoms with Gasteiger partial charge in [0, 0.05) is 19.5 Å². The molecule has 0 radical (unpaired) electrons. The Bertz CT molecular complexity index is 554. The highest BCUT2D eigenvalue weighted by Crippen LogP contribution is 2.18. The van der Waals surface area contributed by atoms with Gasteiger partial charge in [-0.2, -0.15) is 0 Å². The van der Waals surface area contributed by atoms with Gasteiger partial charge in [0.15, 0.2) is 6.61 Å². The zero-order chi connectivity index (χ0) is 17.2. The van der Waals surface area contributed by atoms with E-state index in [-0.39, 0.29) is 18.9 Å². The highest BCUT2D eigenvalue weighted by molar-refractivity contribution is 5.80. The van der Waals surface area contributed by atoms with Crippen molar-refractivity contribution >= 4 is 11.9 Å². The van der Waals surface area contributed by atoms with Crippen molar-refractivity contribution in [3.63, 3.8) is 0 Å². The summed E-state index contributed by atoms with van der Waals surface area (Å²) in [5, 5.41) is 0. The van der Waals surface area contributed by atoms with Crippen LogP contribution in [0.1, 0.15) is 25.8 Å². The molecule has 0 heterocycles. The van der Waals surface area contributed by atoms with Crippen molar-refractivity contribution in [1.82, 2.24) is 4.90 Å². The summed E-state index contributed by atoms with van der Waals surface area (Å²) in [7, 11) is 1.59. The predicted octanol–water partition coefficient (Wildman–Crippen LogP) is 2.60. The highest BCUT2D eigenvalue weighted by atomic mass is 16.5. The molecule has 126 valence electrons. The van der Waals surface area contributed by atoms with E-state index in [0.29, 0.717) is 19.5 Å². The number of ether oxygens (including phenoxy) is 2. The second-order valence-corrected chi connectivity index (χ2v) is 5.34. The van der Waals surface area contributed by atoms with E-state index in [2.05, 4.69) is 6.58 Å². The minimum atomic E-state index is -0.393. The Morgan fingerprint density at radius 3 is 2.57 bits per heavy atom. The van der Waals surface area contributed by atoms with Crippen molar-refractivity contribution in [3.05, 3.63) is 42.0 Å². The molecule has 5 heteroatoms. The molecule has 0 saturated carbocycles. The number of benzene rings is 1. The third-order valence-electron chi connectivity index (χ3n) is 3.34. The van der Waals surface area contributed by atoms with Crippen LogP contribution in [0, 0.1) is 0 Å². The third-order valence-corrected chi connectivity index (χ3v) is 3.34. The summed E-state index contributed by atoms with van der Waals surface area (Å²) in [5.74, 6) is 0.145. The summed E-state index contributed by atoms with van der Waals surface area (Å²) >= 11 is 0. The minimum absolute atomic E-state index is 0.207. The van der Waals surface area contributed by atoms with Crippen LogP contribution in [0.15, 0.2) is 36.4 Å². The van der Waals surface area contributed by atoms with Gasteiger partial charge < -0.3 is 14.4 Å². The van der Waals surface area contributed by atoms with Gasteiger partial charge in [0.05, 0.1) is 7.11 Å². The summed E-state index contributed by atoms with van der Waals surface area (Å²) in [6, 6.07) is 7.52. The number of hydrogen-bond donors (Lipinski definition) is 0. The molecule has 1 aromatic rings. The maximum Gasteiger partial charge on any atom is 0.306 e. The first-order valence-corrected chi connectivity index (χ1v) is 7.67. The molecule has 0 spiro atoms. The number of aryl methyl sites for hydroxylation is 1. The third kappa shape index (κ3) is 6.55. The molecule has 0 atom stereocenters. The normalized spacial score (nSPS) is 10.0. The molecular weight excluding hydrogens is 294 g/mol. The smallest absolute Gasteiger partial charge is 0.306 e. The molecule has 0 fully saturated rings. The summed E-state index contributed by atoms with van der Waals surface area (Å²) in [6.45, 7) is 8.33. The Labute approximate surface area is 137 Å². The first kappa shape index (κ1) is 18.7. The molecule has 23 heavy (non-hydrogen) atoms. The van der Waals surface area contributed by atoms with Crippen LogP contribution >= 0.6 is 0 Å². The first-order chi connectivity index (χ1) is 11.0. The molecule has 0 aliphatic carbocycles. The molecule has 0 aromatic heterocycles. The standard InChI is InChI=1S/C18H25NO4/c1-5-19(12-14(2)3)17(20)13-23-18(21)11-10-15-8-6-7-9-16(15)22-4/h6-9H,2,5,10-13H2,1,3-4H3. The molecule has 1 rings (SSSR count). The number of nitrogens with zero attached hydrogens (tertiary/aromatic N) is 1. The average Bonchev–Trinajstić information content (AvgIpc) is 2.55. The summed E-state index contributed by atoms with van der Waals surface area (Å²) in [4.78, 5) is 25.4. The Morgan fingerprint density at radius 2 is 1.96 bits per heavy atom. The van der Waals surface area contributed by atoms with Crippen LogP contribution in [0.5, 0.6) is 5.75 Å². The maximum absolute atomic E-state index is 12.0. The van der Waals surface area contributed by atoms with Crippen molar-refractivity contribution in [2.45, 2.75) is 26.7 Å². The Kier molecular flexibility index (Phi) is 7.88. The lowest BCUT2D eigenvalue weighted by atomic mass is 10.1. The number of hydrogen-bond acceptors (Lipinski definition) is 4. The van der Waals surface area contributed by atoms with Gasteiger partial charge in [-0.25, -0.2) is 0 Å². The molecule has 0 saturated heterocycles. The fourth-order valence-corrected chi connectivity index (χ4v) is 2.15. The van der Waals surface area contributed by atoms with Gasteiger partial charge in [0.2, 0.25) is 0 Å². The predicted molar refractivity (Wildman–Crippen MR) is 89.3 cm³/mol. The molecule has 0 aliphatic heterocycles. The summed E-state index contributed by atoms with van der Waals surface area (Å²) in [6.07, 6.45) is 0.723. The van der Waals surface area contributed by atoms with E-state index in [0.717, 1.165) is 16.9 Å². The lowest BCUT2D eigenvalue weighted by Gasteiger charge is -2.20. The van der Waals surface area contributed by atoms with Crippen LogP contribution in [-0.4, -0.2) is 43.6 Å². The fourth-order valence-electron chi connectivity index (χ4n) is 2.15. The van der Waals surface area contributed by atoms with Gasteiger partial charge in [0.1, 0.15) is 5.75 Å². The number of rotatable bonds is 9. The Balaban J connectivity index is 2.42. The van der Waals surface area contributed by atoms with E-state index in [9.17, 15) is 9.59 Å². The Morgan fingerprint density at radius 1 is 1.26 bits per heavy atom. The van der Waals surface area contributed by atoms with Crippen LogP contribution in [-0.2, 0) is 20.7 Å². The molecule has 0 aliphatic rings. The van der Waals surface area contributed by atoms with E-state index in [4.69, 9.17) is 9.47 Å². The molecule has 5 nitrogen and oxygen atoms in total. The van der Waals surface area contributed by atoms with Crippen molar-refractivity contribution in [3.8, 4) is 5.75 Å². The van der Waals surface area contributed by atoms with Crippen molar-refractivity contribution in [2.75, 3.05) is 26.8 Å². The monoisotopic (exact) mass is 319 g/mol. The van der Waals surface area contributed by atoms with Gasteiger partial charge in [-0.05, 0) is 31.9 Å². The second-order valence-electron chi connectivity index (χ2n) is 5.34. The second kappa shape index (κ2) is 9.66. The number of carbonyl (C=O) groups excluding carboxylic acids is 2. The van der Waals surface area contributed by atoms with E-state index in [1.54, 1.807) is 12.0 Å². The van der Waals surface area contributed by atoms with E-state index >= 15 is 0 Å². The number of para-hydroxylation sites is 1. The number of amides is 1. The fraction of sp³-hybridized carbons (Fsp3) is 0.444. The molecule has 1 aromatic carbocycles. The van der Waals surface area contributed by atoms with E-state index in [1.165, 1.54) is 0 Å². The van der Waals surface area contributed by atoms with E-state index in [1.807, 2.05) is 38.1 Å². The van der Waals surface area contributed by atoms with Gasteiger partial charge in [-0.15, -0.1) is 0 Å². The summed E-state index contributed by atoms with van der Waals surface area (Å²) in [5.41, 5.74) is 1.83. The molecule has 0 N–H and O–H groups in total. The van der Waals surface area contributed by atoms with Crippen molar-refractivity contribution in [1.29, 1.82) is 0 Å². The molecular formula is C18H25NO4. The maximum atomic E-state index is 12.0.